The van der Waals surface area contributed by atoms with Crippen molar-refractivity contribution in [3.05, 3.63) is 34.1 Å². The lowest BCUT2D eigenvalue weighted by molar-refractivity contribution is 0.0939. The van der Waals surface area contributed by atoms with Crippen molar-refractivity contribution in [2.24, 2.45) is 5.92 Å². The molecule has 1 aliphatic carbocycles. The van der Waals surface area contributed by atoms with Crippen LogP contribution in [0.15, 0.2) is 22.7 Å². The van der Waals surface area contributed by atoms with Gasteiger partial charge in [-0.1, -0.05) is 28.4 Å². The molecule has 0 bridgehead atoms. The van der Waals surface area contributed by atoms with Crippen molar-refractivity contribution in [3.63, 3.8) is 0 Å². The third-order valence-electron chi connectivity index (χ3n) is 3.47. The number of nitrogens with one attached hydrogen (secondary N) is 1. The van der Waals surface area contributed by atoms with Gasteiger partial charge in [0, 0.05) is 11.4 Å². The Morgan fingerprint density at radius 1 is 1.42 bits per heavy atom. The Bertz CT molecular complexity index is 467. The van der Waals surface area contributed by atoms with Crippen LogP contribution in [0.3, 0.4) is 0 Å². The fourth-order valence-electron chi connectivity index (χ4n) is 2.42. The first-order chi connectivity index (χ1) is 9.08. The molecular formula is C14H16Br2FNO. The van der Waals surface area contributed by atoms with E-state index in [9.17, 15) is 9.18 Å². The smallest absolute Gasteiger partial charge is 0.254 e. The first-order valence-electron chi connectivity index (χ1n) is 6.44. The minimum Gasteiger partial charge on any atom is -0.352 e. The van der Waals surface area contributed by atoms with Crippen LogP contribution in [0.5, 0.6) is 0 Å². The number of hydrogen-bond acceptors (Lipinski definition) is 1. The summed E-state index contributed by atoms with van der Waals surface area (Å²) in [5, 5.41) is 2.84. The quantitative estimate of drug-likeness (QED) is 0.764. The van der Waals surface area contributed by atoms with E-state index in [4.69, 9.17) is 0 Å². The maximum Gasteiger partial charge on any atom is 0.254 e. The van der Waals surface area contributed by atoms with Gasteiger partial charge in [-0.05, 0) is 53.2 Å². The highest BCUT2D eigenvalue weighted by atomic mass is 79.9. The second-order valence-corrected chi connectivity index (χ2v) is 7.09. The lowest BCUT2D eigenvalue weighted by Gasteiger charge is -2.25. The third kappa shape index (κ3) is 4.02. The summed E-state index contributed by atoms with van der Waals surface area (Å²) in [6.45, 7) is 0.618. The molecule has 0 spiro atoms. The van der Waals surface area contributed by atoms with Crippen LogP contribution in [0, 0.1) is 11.7 Å². The standard InChI is InChI=1S/C14H16Br2FNO/c15-10-4-1-3-9(7-10)8-18-14(19)11-5-2-6-12(16)13(11)17/h2,5-6,9-10H,1,3-4,7-8H2,(H,18,19). The fourth-order valence-corrected chi connectivity index (χ4v) is 3.64. The van der Waals surface area contributed by atoms with Crippen LogP contribution in [-0.2, 0) is 0 Å². The molecule has 2 nitrogen and oxygen atoms in total. The average molecular weight is 393 g/mol. The molecule has 1 aromatic carbocycles. The van der Waals surface area contributed by atoms with E-state index >= 15 is 0 Å². The largest absolute Gasteiger partial charge is 0.352 e. The normalized spacial score (nSPS) is 23.1. The highest BCUT2D eigenvalue weighted by Gasteiger charge is 2.21. The number of amides is 1. The summed E-state index contributed by atoms with van der Waals surface area (Å²) in [4.78, 5) is 12.5. The number of benzene rings is 1. The van der Waals surface area contributed by atoms with Crippen molar-refractivity contribution in [3.8, 4) is 0 Å². The Hall–Kier alpha value is -0.420. The van der Waals surface area contributed by atoms with Gasteiger partial charge in [0.15, 0.2) is 0 Å². The number of alkyl halides is 1. The van der Waals surface area contributed by atoms with E-state index in [0.29, 0.717) is 21.8 Å². The summed E-state index contributed by atoms with van der Waals surface area (Å²) >= 11 is 6.71. The molecule has 1 aromatic rings. The monoisotopic (exact) mass is 391 g/mol. The molecule has 2 atom stereocenters. The second-order valence-electron chi connectivity index (χ2n) is 4.94. The molecule has 2 unspecified atom stereocenters. The molecule has 0 aliphatic heterocycles. The van der Waals surface area contributed by atoms with Gasteiger partial charge in [-0.3, -0.25) is 4.79 Å². The van der Waals surface area contributed by atoms with Gasteiger partial charge < -0.3 is 5.32 Å². The molecule has 0 aromatic heterocycles. The third-order valence-corrected chi connectivity index (χ3v) is 4.91. The molecular weight excluding hydrogens is 377 g/mol. The molecule has 1 N–H and O–H groups in total. The van der Waals surface area contributed by atoms with Gasteiger partial charge in [-0.2, -0.15) is 0 Å². The van der Waals surface area contributed by atoms with Gasteiger partial charge in [-0.25, -0.2) is 4.39 Å². The van der Waals surface area contributed by atoms with Gasteiger partial charge in [0.05, 0.1) is 10.0 Å². The molecule has 1 fully saturated rings. The summed E-state index contributed by atoms with van der Waals surface area (Å²) in [6, 6.07) is 4.75. The molecule has 19 heavy (non-hydrogen) atoms. The predicted octanol–water partition coefficient (Wildman–Crippen LogP) is 4.27. The number of halogens is 3. The Labute approximate surface area is 129 Å². The summed E-state index contributed by atoms with van der Waals surface area (Å²) in [6.07, 6.45) is 4.58. The highest BCUT2D eigenvalue weighted by Crippen LogP contribution is 2.28. The number of carbonyl (C=O) groups excluding carboxylic acids is 1. The zero-order chi connectivity index (χ0) is 13.8. The van der Waals surface area contributed by atoms with Crippen molar-refractivity contribution in [2.45, 2.75) is 30.5 Å². The van der Waals surface area contributed by atoms with E-state index < -0.39 is 5.82 Å². The summed E-state index contributed by atoms with van der Waals surface area (Å²) in [5.41, 5.74) is 0.0978. The Kier molecular flexibility index (Phi) is 5.39. The van der Waals surface area contributed by atoms with Crippen LogP contribution in [0.2, 0.25) is 0 Å². The van der Waals surface area contributed by atoms with E-state index in [1.807, 2.05) is 0 Å². The highest BCUT2D eigenvalue weighted by molar-refractivity contribution is 9.10. The molecule has 1 saturated carbocycles. The molecule has 5 heteroatoms. The van der Waals surface area contributed by atoms with Crippen LogP contribution >= 0.6 is 31.9 Å². The van der Waals surface area contributed by atoms with Gasteiger partial charge in [0.1, 0.15) is 5.82 Å². The topological polar surface area (TPSA) is 29.1 Å². The van der Waals surface area contributed by atoms with Crippen molar-refractivity contribution < 1.29 is 9.18 Å². The first kappa shape index (κ1) is 15.0. The first-order valence-corrected chi connectivity index (χ1v) is 8.15. The SMILES string of the molecule is O=C(NCC1CCCC(Br)C1)c1cccc(Br)c1F. The Balaban J connectivity index is 1.92. The van der Waals surface area contributed by atoms with E-state index in [1.165, 1.54) is 18.9 Å². The molecule has 0 saturated heterocycles. The van der Waals surface area contributed by atoms with Crippen molar-refractivity contribution in [1.29, 1.82) is 0 Å². The average Bonchev–Trinajstić information content (AvgIpc) is 2.39. The van der Waals surface area contributed by atoms with Crippen LogP contribution in [0.25, 0.3) is 0 Å². The number of carbonyl (C=O) groups is 1. The van der Waals surface area contributed by atoms with E-state index in [2.05, 4.69) is 37.2 Å². The maximum atomic E-state index is 13.8. The van der Waals surface area contributed by atoms with Crippen LogP contribution in [0.1, 0.15) is 36.0 Å². The Morgan fingerprint density at radius 2 is 2.21 bits per heavy atom. The van der Waals surface area contributed by atoms with Crippen LogP contribution in [-0.4, -0.2) is 17.3 Å². The van der Waals surface area contributed by atoms with Gasteiger partial charge >= 0.3 is 0 Å². The second kappa shape index (κ2) is 6.84. The molecule has 104 valence electrons. The Morgan fingerprint density at radius 3 is 2.95 bits per heavy atom. The lowest BCUT2D eigenvalue weighted by Crippen LogP contribution is -2.32. The zero-order valence-corrected chi connectivity index (χ0v) is 13.6. The molecule has 1 amide bonds. The molecule has 1 aliphatic rings. The van der Waals surface area contributed by atoms with E-state index in [1.54, 1.807) is 12.1 Å². The van der Waals surface area contributed by atoms with E-state index in [-0.39, 0.29) is 11.5 Å². The lowest BCUT2D eigenvalue weighted by atomic mass is 9.89. The number of hydrogen-bond donors (Lipinski definition) is 1. The van der Waals surface area contributed by atoms with E-state index in [0.717, 1.165) is 12.8 Å². The molecule has 0 radical (unpaired) electrons. The summed E-state index contributed by atoms with van der Waals surface area (Å²) in [7, 11) is 0. The summed E-state index contributed by atoms with van der Waals surface area (Å²) in [5.74, 6) is -0.352. The van der Waals surface area contributed by atoms with Crippen molar-refractivity contribution >= 4 is 37.8 Å². The summed E-state index contributed by atoms with van der Waals surface area (Å²) < 4.78 is 14.1. The van der Waals surface area contributed by atoms with Crippen molar-refractivity contribution in [1.82, 2.24) is 5.32 Å². The van der Waals surface area contributed by atoms with Crippen LogP contribution in [0.4, 0.5) is 4.39 Å². The number of rotatable bonds is 3. The zero-order valence-electron chi connectivity index (χ0n) is 10.5. The maximum absolute atomic E-state index is 13.8. The van der Waals surface area contributed by atoms with Crippen LogP contribution < -0.4 is 5.32 Å². The minimum atomic E-state index is -0.498. The van der Waals surface area contributed by atoms with Gasteiger partial charge in [0.2, 0.25) is 0 Å². The fraction of sp³-hybridized carbons (Fsp3) is 0.500. The van der Waals surface area contributed by atoms with Gasteiger partial charge in [-0.15, -0.1) is 0 Å². The molecule has 2 rings (SSSR count). The minimum absolute atomic E-state index is 0.0978. The van der Waals surface area contributed by atoms with Gasteiger partial charge in [0.25, 0.3) is 5.91 Å². The predicted molar refractivity (Wildman–Crippen MR) is 81.1 cm³/mol. The van der Waals surface area contributed by atoms with Crippen molar-refractivity contribution in [2.75, 3.05) is 6.54 Å². The molecule has 0 heterocycles.